The lowest BCUT2D eigenvalue weighted by molar-refractivity contribution is -0.0526. The monoisotopic (exact) mass is 170 g/mol. The fourth-order valence-electron chi connectivity index (χ4n) is 1.98. The molecule has 1 atom stereocenters. The Morgan fingerprint density at radius 3 is 2.58 bits per heavy atom. The second-order valence-electron chi connectivity index (χ2n) is 3.99. The molecule has 1 unspecified atom stereocenters. The predicted molar refractivity (Wildman–Crippen MR) is 43.5 cm³/mol. The molecule has 1 aliphatic carbocycles. The van der Waals surface area contributed by atoms with E-state index in [2.05, 4.69) is 0 Å². The van der Waals surface area contributed by atoms with Gasteiger partial charge in [-0.2, -0.15) is 0 Å². The largest absolute Gasteiger partial charge is 0.373 e. The summed E-state index contributed by atoms with van der Waals surface area (Å²) in [6, 6.07) is -0.0833. The number of nitrogens with zero attached hydrogens (tertiary/aromatic N) is 2. The number of hydrogen-bond donors (Lipinski definition) is 1. The molecule has 0 aromatic rings. The van der Waals surface area contributed by atoms with E-state index in [1.807, 2.05) is 0 Å². The quantitative estimate of drug-likeness (QED) is 0.559. The van der Waals surface area contributed by atoms with E-state index in [4.69, 9.17) is 0 Å². The summed E-state index contributed by atoms with van der Waals surface area (Å²) < 4.78 is 0. The van der Waals surface area contributed by atoms with E-state index in [-0.39, 0.29) is 11.4 Å². The lowest BCUT2D eigenvalue weighted by atomic mass is 10.0. The van der Waals surface area contributed by atoms with Gasteiger partial charge in [0.2, 0.25) is 0 Å². The van der Waals surface area contributed by atoms with Gasteiger partial charge in [0.25, 0.3) is 0 Å². The Balaban J connectivity index is 2.20. The Labute approximate surface area is 71.8 Å². The SMILES string of the molecule is CN1CC2(CC2)C(O)N(C)C1=O. The van der Waals surface area contributed by atoms with Crippen LogP contribution in [-0.2, 0) is 0 Å². The van der Waals surface area contributed by atoms with E-state index in [1.54, 1.807) is 19.0 Å². The summed E-state index contributed by atoms with van der Waals surface area (Å²) in [7, 11) is 3.44. The summed E-state index contributed by atoms with van der Waals surface area (Å²) in [5.74, 6) is 0. The molecule has 0 radical (unpaired) electrons. The molecule has 1 saturated carbocycles. The van der Waals surface area contributed by atoms with Gasteiger partial charge in [0.05, 0.1) is 0 Å². The van der Waals surface area contributed by atoms with Crippen LogP contribution in [0.5, 0.6) is 0 Å². The summed E-state index contributed by atoms with van der Waals surface area (Å²) in [5, 5.41) is 9.73. The summed E-state index contributed by atoms with van der Waals surface area (Å²) in [6.45, 7) is 0.706. The molecule has 2 rings (SSSR count). The van der Waals surface area contributed by atoms with Crippen LogP contribution in [0.25, 0.3) is 0 Å². The van der Waals surface area contributed by atoms with Crippen LogP contribution in [0.2, 0.25) is 0 Å². The number of carbonyl (C=O) groups is 1. The van der Waals surface area contributed by atoms with Gasteiger partial charge in [-0.25, -0.2) is 4.79 Å². The third-order valence-electron chi connectivity index (χ3n) is 2.99. The van der Waals surface area contributed by atoms with Crippen molar-refractivity contribution in [3.8, 4) is 0 Å². The number of carbonyl (C=O) groups excluding carboxylic acids is 1. The highest BCUT2D eigenvalue weighted by Crippen LogP contribution is 2.51. The minimum absolute atomic E-state index is 0.00257. The first-order valence-corrected chi connectivity index (χ1v) is 4.23. The van der Waals surface area contributed by atoms with Crippen LogP contribution in [0.15, 0.2) is 0 Å². The van der Waals surface area contributed by atoms with E-state index in [0.717, 1.165) is 12.8 Å². The Morgan fingerprint density at radius 1 is 1.50 bits per heavy atom. The summed E-state index contributed by atoms with van der Waals surface area (Å²) in [4.78, 5) is 14.5. The summed E-state index contributed by atoms with van der Waals surface area (Å²) >= 11 is 0. The molecule has 1 spiro atoms. The molecule has 4 nitrogen and oxygen atoms in total. The Bertz CT molecular complexity index is 225. The molecule has 1 N–H and O–H groups in total. The van der Waals surface area contributed by atoms with Crippen LogP contribution in [0.4, 0.5) is 4.79 Å². The molecule has 68 valence electrons. The lowest BCUT2D eigenvalue weighted by Crippen LogP contribution is -2.57. The highest BCUT2D eigenvalue weighted by atomic mass is 16.3. The Morgan fingerprint density at radius 2 is 2.08 bits per heavy atom. The molecule has 1 heterocycles. The van der Waals surface area contributed by atoms with Crippen LogP contribution in [-0.4, -0.2) is 47.8 Å². The van der Waals surface area contributed by atoms with Crippen LogP contribution in [0.3, 0.4) is 0 Å². The van der Waals surface area contributed by atoms with Crippen LogP contribution >= 0.6 is 0 Å². The van der Waals surface area contributed by atoms with Crippen molar-refractivity contribution < 1.29 is 9.90 Å². The lowest BCUT2D eigenvalue weighted by Gasteiger charge is -2.40. The number of aliphatic hydroxyl groups is 1. The molecule has 2 fully saturated rings. The second-order valence-corrected chi connectivity index (χ2v) is 3.99. The molecule has 0 aromatic carbocycles. The van der Waals surface area contributed by atoms with Crippen molar-refractivity contribution in [1.29, 1.82) is 0 Å². The van der Waals surface area contributed by atoms with E-state index in [0.29, 0.717) is 6.54 Å². The first-order valence-electron chi connectivity index (χ1n) is 4.23. The van der Waals surface area contributed by atoms with Crippen LogP contribution < -0.4 is 0 Å². The average molecular weight is 170 g/mol. The van der Waals surface area contributed by atoms with Crippen LogP contribution in [0.1, 0.15) is 12.8 Å². The van der Waals surface area contributed by atoms with Gasteiger partial charge in [-0.05, 0) is 12.8 Å². The molecular formula is C8H14N2O2. The van der Waals surface area contributed by atoms with Crippen molar-refractivity contribution in [3.05, 3.63) is 0 Å². The molecule has 12 heavy (non-hydrogen) atoms. The highest BCUT2D eigenvalue weighted by Gasteiger charge is 2.55. The molecular weight excluding hydrogens is 156 g/mol. The number of urea groups is 1. The van der Waals surface area contributed by atoms with Crippen molar-refractivity contribution in [2.75, 3.05) is 20.6 Å². The van der Waals surface area contributed by atoms with Gasteiger partial charge in [0.1, 0.15) is 6.23 Å². The van der Waals surface area contributed by atoms with E-state index < -0.39 is 6.23 Å². The minimum atomic E-state index is -0.568. The van der Waals surface area contributed by atoms with Crippen molar-refractivity contribution in [1.82, 2.24) is 9.80 Å². The maximum Gasteiger partial charge on any atom is 0.321 e. The van der Waals surface area contributed by atoms with Gasteiger partial charge in [0, 0.05) is 26.1 Å². The van der Waals surface area contributed by atoms with Gasteiger partial charge >= 0.3 is 6.03 Å². The van der Waals surface area contributed by atoms with Gasteiger partial charge in [0.15, 0.2) is 0 Å². The average Bonchev–Trinajstić information content (AvgIpc) is 2.79. The number of hydrogen-bond acceptors (Lipinski definition) is 2. The first kappa shape index (κ1) is 7.86. The molecule has 1 saturated heterocycles. The molecule has 2 amide bonds. The zero-order valence-corrected chi connectivity index (χ0v) is 7.45. The van der Waals surface area contributed by atoms with Crippen LogP contribution in [0, 0.1) is 5.41 Å². The van der Waals surface area contributed by atoms with E-state index in [9.17, 15) is 9.90 Å². The maximum absolute atomic E-state index is 11.3. The number of rotatable bonds is 0. The zero-order chi connectivity index (χ0) is 8.93. The fourth-order valence-corrected chi connectivity index (χ4v) is 1.98. The normalized spacial score (nSPS) is 32.9. The Kier molecular flexibility index (Phi) is 1.39. The third kappa shape index (κ3) is 0.843. The van der Waals surface area contributed by atoms with Crippen molar-refractivity contribution in [2.24, 2.45) is 5.41 Å². The van der Waals surface area contributed by atoms with Crippen molar-refractivity contribution in [2.45, 2.75) is 19.1 Å². The number of amides is 2. The maximum atomic E-state index is 11.3. The third-order valence-corrected chi connectivity index (χ3v) is 2.99. The smallest absolute Gasteiger partial charge is 0.321 e. The standard InChI is InChI=1S/C8H14N2O2/c1-9-5-8(3-4-8)6(11)10(2)7(9)12/h6,11H,3-5H2,1-2H3. The van der Waals surface area contributed by atoms with Crippen molar-refractivity contribution in [3.63, 3.8) is 0 Å². The highest BCUT2D eigenvalue weighted by molar-refractivity contribution is 5.75. The fraction of sp³-hybridized carbons (Fsp3) is 0.875. The summed E-state index contributed by atoms with van der Waals surface area (Å²) in [6.07, 6.45) is 1.51. The predicted octanol–water partition coefficient (Wildman–Crippen LogP) is 0.0822. The van der Waals surface area contributed by atoms with E-state index >= 15 is 0 Å². The van der Waals surface area contributed by atoms with Gasteiger partial charge in [-0.1, -0.05) is 0 Å². The molecule has 4 heteroatoms. The Hall–Kier alpha value is -0.770. The van der Waals surface area contributed by atoms with Gasteiger partial charge in [-0.15, -0.1) is 0 Å². The molecule has 1 aliphatic heterocycles. The number of aliphatic hydroxyl groups excluding tert-OH is 1. The minimum Gasteiger partial charge on any atom is -0.373 e. The molecule has 0 bridgehead atoms. The molecule has 0 aromatic heterocycles. The van der Waals surface area contributed by atoms with Gasteiger partial charge in [-0.3, -0.25) is 0 Å². The topological polar surface area (TPSA) is 43.8 Å². The van der Waals surface area contributed by atoms with E-state index in [1.165, 1.54) is 4.90 Å². The summed E-state index contributed by atoms with van der Waals surface area (Å²) in [5.41, 5.74) is -0.00257. The second kappa shape index (κ2) is 2.13. The van der Waals surface area contributed by atoms with Gasteiger partial charge < -0.3 is 14.9 Å². The zero-order valence-electron chi connectivity index (χ0n) is 7.45. The molecule has 2 aliphatic rings. The van der Waals surface area contributed by atoms with Crippen molar-refractivity contribution >= 4 is 6.03 Å². The first-order chi connectivity index (χ1) is 5.57.